The van der Waals surface area contributed by atoms with E-state index in [1.165, 1.54) is 50.5 Å². The summed E-state index contributed by atoms with van der Waals surface area (Å²) in [6.45, 7) is 9.07. The van der Waals surface area contributed by atoms with E-state index >= 15 is 0 Å². The van der Waals surface area contributed by atoms with Gasteiger partial charge in [-0.15, -0.1) is 0 Å². The minimum Gasteiger partial charge on any atom is -0.390 e. The van der Waals surface area contributed by atoms with Crippen LogP contribution >= 0.6 is 15.9 Å². The SMILES string of the molecule is C=C(CBr)[C@H]1CC[C@H]2[C@@H]3CC[C@@H]4C[C@@](C)(O)CC[C@@H]4[C@H]3CC[C@]12C. The van der Waals surface area contributed by atoms with E-state index in [9.17, 15) is 5.11 Å². The molecule has 1 N–H and O–H groups in total. The van der Waals surface area contributed by atoms with Crippen LogP contribution in [-0.2, 0) is 0 Å². The maximum absolute atomic E-state index is 10.5. The molecule has 0 bridgehead atoms. The Kier molecular flexibility index (Phi) is 4.48. The predicted molar refractivity (Wildman–Crippen MR) is 104 cm³/mol. The van der Waals surface area contributed by atoms with Crippen molar-refractivity contribution in [3.63, 3.8) is 0 Å². The highest BCUT2D eigenvalue weighted by atomic mass is 79.9. The zero-order valence-electron chi connectivity index (χ0n) is 15.6. The molecule has 0 aromatic heterocycles. The molecule has 0 heterocycles. The molecule has 4 aliphatic carbocycles. The minimum atomic E-state index is -0.386. The molecule has 0 aromatic rings. The van der Waals surface area contributed by atoms with E-state index in [-0.39, 0.29) is 5.60 Å². The second-order valence-electron chi connectivity index (χ2n) is 10.1. The van der Waals surface area contributed by atoms with Crippen LogP contribution in [0.1, 0.15) is 71.6 Å². The van der Waals surface area contributed by atoms with Gasteiger partial charge in [0.05, 0.1) is 5.60 Å². The van der Waals surface area contributed by atoms with Crippen molar-refractivity contribution in [3.05, 3.63) is 12.2 Å². The van der Waals surface area contributed by atoms with Gasteiger partial charge in [0.15, 0.2) is 0 Å². The molecule has 0 radical (unpaired) electrons. The highest BCUT2D eigenvalue weighted by molar-refractivity contribution is 9.09. The van der Waals surface area contributed by atoms with E-state index in [0.29, 0.717) is 5.41 Å². The fourth-order valence-electron chi connectivity index (χ4n) is 7.85. The van der Waals surface area contributed by atoms with Gasteiger partial charge in [-0.25, -0.2) is 0 Å². The van der Waals surface area contributed by atoms with Gasteiger partial charge in [0.1, 0.15) is 0 Å². The monoisotopic (exact) mass is 394 g/mol. The first-order chi connectivity index (χ1) is 11.4. The molecule has 1 nitrogen and oxygen atoms in total. The molecule has 4 rings (SSSR count). The molecule has 0 spiro atoms. The fraction of sp³-hybridized carbons (Fsp3) is 0.909. The molecule has 8 atom stereocenters. The lowest BCUT2D eigenvalue weighted by Crippen LogP contribution is -2.50. The van der Waals surface area contributed by atoms with E-state index in [1.807, 2.05) is 0 Å². The average Bonchev–Trinajstić information content (AvgIpc) is 2.90. The van der Waals surface area contributed by atoms with E-state index < -0.39 is 0 Å². The van der Waals surface area contributed by atoms with Crippen molar-refractivity contribution >= 4 is 15.9 Å². The standard InChI is InChI=1S/C22H35BrO/c1-14(13-23)19-6-7-20-18-5-4-15-12-21(2,24)10-8-16(15)17(18)9-11-22(19,20)3/h15-20,24H,1,4-13H2,2-3H3/t15-,16+,17-,18-,19-,20+,21+,22-/m1/s1. The van der Waals surface area contributed by atoms with E-state index in [2.05, 4.69) is 36.4 Å². The van der Waals surface area contributed by atoms with Crippen molar-refractivity contribution in [1.29, 1.82) is 0 Å². The Labute approximate surface area is 156 Å². The van der Waals surface area contributed by atoms with Crippen molar-refractivity contribution in [1.82, 2.24) is 0 Å². The number of aliphatic hydroxyl groups is 1. The van der Waals surface area contributed by atoms with Crippen LogP contribution in [0.2, 0.25) is 0 Å². The second kappa shape index (κ2) is 6.12. The van der Waals surface area contributed by atoms with Gasteiger partial charge in [-0.1, -0.05) is 35.0 Å². The van der Waals surface area contributed by atoms with Crippen LogP contribution in [0.3, 0.4) is 0 Å². The molecule has 4 aliphatic rings. The van der Waals surface area contributed by atoms with Crippen molar-refractivity contribution in [2.75, 3.05) is 5.33 Å². The Morgan fingerprint density at radius 3 is 2.50 bits per heavy atom. The molecule has 24 heavy (non-hydrogen) atoms. The first-order valence-electron chi connectivity index (χ1n) is 10.3. The summed E-state index contributed by atoms with van der Waals surface area (Å²) in [6.07, 6.45) is 11.8. The zero-order chi connectivity index (χ0) is 17.1. The third kappa shape index (κ3) is 2.66. The third-order valence-electron chi connectivity index (χ3n) is 8.90. The number of rotatable bonds is 2. The molecule has 0 amide bonds. The molecule has 4 saturated carbocycles. The third-order valence-corrected chi connectivity index (χ3v) is 9.62. The molecule has 4 fully saturated rings. The molecule has 0 aromatic carbocycles. The van der Waals surface area contributed by atoms with Gasteiger partial charge >= 0.3 is 0 Å². The van der Waals surface area contributed by atoms with Crippen molar-refractivity contribution in [2.24, 2.45) is 40.9 Å². The quantitative estimate of drug-likeness (QED) is 0.452. The predicted octanol–water partition coefficient (Wildman–Crippen LogP) is 5.96. The van der Waals surface area contributed by atoms with Gasteiger partial charge in [-0.05, 0) is 106 Å². The normalized spacial score (nSPS) is 53.8. The Bertz CT molecular complexity index is 512. The van der Waals surface area contributed by atoms with Crippen LogP contribution in [0.5, 0.6) is 0 Å². The first kappa shape index (κ1) is 17.6. The van der Waals surface area contributed by atoms with Crippen LogP contribution in [0.15, 0.2) is 12.2 Å². The summed E-state index contributed by atoms with van der Waals surface area (Å²) in [6, 6.07) is 0. The van der Waals surface area contributed by atoms with Crippen LogP contribution in [-0.4, -0.2) is 16.0 Å². The summed E-state index contributed by atoms with van der Waals surface area (Å²) in [5, 5.41) is 11.5. The lowest BCUT2D eigenvalue weighted by Gasteiger charge is -2.57. The highest BCUT2D eigenvalue weighted by Gasteiger charge is 2.57. The Morgan fingerprint density at radius 2 is 1.75 bits per heavy atom. The van der Waals surface area contributed by atoms with E-state index in [1.54, 1.807) is 0 Å². The number of halogens is 1. The summed E-state index contributed by atoms with van der Waals surface area (Å²) in [5.74, 6) is 5.30. The van der Waals surface area contributed by atoms with Crippen LogP contribution < -0.4 is 0 Å². The number of allylic oxidation sites excluding steroid dienone is 1. The second-order valence-corrected chi connectivity index (χ2v) is 10.7. The van der Waals surface area contributed by atoms with Gasteiger partial charge in [-0.2, -0.15) is 0 Å². The largest absolute Gasteiger partial charge is 0.390 e. The summed E-state index contributed by atoms with van der Waals surface area (Å²) >= 11 is 3.67. The van der Waals surface area contributed by atoms with Gasteiger partial charge in [0.2, 0.25) is 0 Å². The molecule has 0 unspecified atom stereocenters. The van der Waals surface area contributed by atoms with Gasteiger partial charge < -0.3 is 5.11 Å². The van der Waals surface area contributed by atoms with E-state index in [4.69, 9.17) is 0 Å². The van der Waals surface area contributed by atoms with Gasteiger partial charge in [0.25, 0.3) is 0 Å². The molecular formula is C22H35BrO. The average molecular weight is 395 g/mol. The molecular weight excluding hydrogens is 360 g/mol. The smallest absolute Gasteiger partial charge is 0.0622 e. The topological polar surface area (TPSA) is 20.2 Å². The maximum Gasteiger partial charge on any atom is 0.0622 e. The lowest BCUT2D eigenvalue weighted by atomic mass is 9.49. The van der Waals surface area contributed by atoms with Crippen molar-refractivity contribution in [3.8, 4) is 0 Å². The molecule has 0 aliphatic heterocycles. The Balaban J connectivity index is 1.54. The van der Waals surface area contributed by atoms with Crippen LogP contribution in [0.4, 0.5) is 0 Å². The first-order valence-corrected chi connectivity index (χ1v) is 11.4. The zero-order valence-corrected chi connectivity index (χ0v) is 17.2. The molecule has 136 valence electrons. The fourth-order valence-corrected chi connectivity index (χ4v) is 8.24. The van der Waals surface area contributed by atoms with Gasteiger partial charge in [0, 0.05) is 5.33 Å². The summed E-state index contributed by atoms with van der Waals surface area (Å²) in [5.41, 5.74) is 1.57. The lowest BCUT2D eigenvalue weighted by molar-refractivity contribution is -0.0977. The summed E-state index contributed by atoms with van der Waals surface area (Å²) in [7, 11) is 0. The summed E-state index contributed by atoms with van der Waals surface area (Å²) in [4.78, 5) is 0. The maximum atomic E-state index is 10.5. The Hall–Kier alpha value is 0.180. The van der Waals surface area contributed by atoms with Crippen LogP contribution in [0, 0.1) is 40.9 Å². The Morgan fingerprint density at radius 1 is 1.00 bits per heavy atom. The van der Waals surface area contributed by atoms with E-state index in [0.717, 1.165) is 53.7 Å². The summed E-state index contributed by atoms with van der Waals surface area (Å²) < 4.78 is 0. The minimum absolute atomic E-state index is 0.386. The number of fused-ring (bicyclic) bond motifs is 5. The number of hydrogen-bond donors (Lipinski definition) is 1. The number of alkyl halides is 1. The van der Waals surface area contributed by atoms with Crippen LogP contribution in [0.25, 0.3) is 0 Å². The number of hydrogen-bond acceptors (Lipinski definition) is 1. The molecule has 0 saturated heterocycles. The molecule has 2 heteroatoms. The van der Waals surface area contributed by atoms with Gasteiger partial charge in [-0.3, -0.25) is 0 Å². The highest BCUT2D eigenvalue weighted by Crippen LogP contribution is 2.65. The van der Waals surface area contributed by atoms with Crippen molar-refractivity contribution in [2.45, 2.75) is 77.2 Å². The van der Waals surface area contributed by atoms with Crippen molar-refractivity contribution < 1.29 is 5.11 Å².